The number of hydrogen-bond donors (Lipinski definition) is 2. The molecule has 2 amide bonds. The number of anilines is 2. The largest absolute Gasteiger partial charge is 0.492 e. The summed E-state index contributed by atoms with van der Waals surface area (Å²) in [6.45, 7) is 2.30. The fourth-order valence-electron chi connectivity index (χ4n) is 1.96. The van der Waals surface area contributed by atoms with Gasteiger partial charge in [0.1, 0.15) is 18.0 Å². The highest BCUT2D eigenvalue weighted by atomic mass is 19.1. The summed E-state index contributed by atoms with van der Waals surface area (Å²) < 4.78 is 18.4. The van der Waals surface area contributed by atoms with Gasteiger partial charge in [-0.05, 0) is 37.3 Å². The molecule has 0 unspecified atom stereocenters. The number of halogens is 1. The monoisotopic (exact) mass is 316 g/mol. The van der Waals surface area contributed by atoms with Crippen LogP contribution in [0.3, 0.4) is 0 Å². The van der Waals surface area contributed by atoms with Crippen LogP contribution in [-0.2, 0) is 9.59 Å². The van der Waals surface area contributed by atoms with Gasteiger partial charge in [-0.25, -0.2) is 4.39 Å². The third-order valence-corrected chi connectivity index (χ3v) is 2.89. The van der Waals surface area contributed by atoms with Crippen molar-refractivity contribution in [3.05, 3.63) is 54.3 Å². The van der Waals surface area contributed by atoms with Crippen LogP contribution < -0.4 is 15.4 Å². The number of rotatable bonds is 6. The predicted octanol–water partition coefficient (Wildman–Crippen LogP) is 3.19. The standard InChI is InChI=1S/C17H17FN2O3/c1-2-23-15-9-4-3-8-14(15)20-17(22)11-16(21)19-13-7-5-6-12(18)10-13/h3-10H,2,11H2,1H3,(H,19,21)(H,20,22). The smallest absolute Gasteiger partial charge is 0.233 e. The highest BCUT2D eigenvalue weighted by Crippen LogP contribution is 2.23. The number of nitrogens with one attached hydrogen (secondary N) is 2. The number of benzene rings is 2. The number of hydrogen-bond acceptors (Lipinski definition) is 3. The van der Waals surface area contributed by atoms with Crippen LogP contribution in [0.2, 0.25) is 0 Å². The average Bonchev–Trinajstić information content (AvgIpc) is 2.49. The third-order valence-electron chi connectivity index (χ3n) is 2.89. The summed E-state index contributed by atoms with van der Waals surface area (Å²) in [6.07, 6.45) is -0.378. The summed E-state index contributed by atoms with van der Waals surface area (Å²) in [5.41, 5.74) is 0.801. The Morgan fingerprint density at radius 2 is 1.78 bits per heavy atom. The summed E-state index contributed by atoms with van der Waals surface area (Å²) in [5, 5.41) is 5.09. The third kappa shape index (κ3) is 5.10. The van der Waals surface area contributed by atoms with E-state index in [-0.39, 0.29) is 6.42 Å². The molecule has 0 aromatic heterocycles. The second-order valence-corrected chi connectivity index (χ2v) is 4.71. The van der Waals surface area contributed by atoms with Crippen molar-refractivity contribution in [2.45, 2.75) is 13.3 Å². The van der Waals surface area contributed by atoms with Crippen LogP contribution in [0.4, 0.5) is 15.8 Å². The number of ether oxygens (including phenoxy) is 1. The van der Waals surface area contributed by atoms with E-state index >= 15 is 0 Å². The van der Waals surface area contributed by atoms with E-state index < -0.39 is 17.6 Å². The second kappa shape index (κ2) is 7.93. The number of carbonyl (C=O) groups is 2. The van der Waals surface area contributed by atoms with Crippen molar-refractivity contribution in [1.29, 1.82) is 0 Å². The van der Waals surface area contributed by atoms with E-state index in [1.807, 2.05) is 6.92 Å². The van der Waals surface area contributed by atoms with Gasteiger partial charge in [0.05, 0.1) is 12.3 Å². The van der Waals surface area contributed by atoms with Gasteiger partial charge < -0.3 is 15.4 Å². The Kier molecular flexibility index (Phi) is 5.68. The van der Waals surface area contributed by atoms with Gasteiger partial charge in [-0.1, -0.05) is 18.2 Å². The van der Waals surface area contributed by atoms with E-state index in [9.17, 15) is 14.0 Å². The van der Waals surface area contributed by atoms with Crippen molar-refractivity contribution in [2.75, 3.05) is 17.2 Å². The van der Waals surface area contributed by atoms with Crippen LogP contribution in [0.5, 0.6) is 5.75 Å². The zero-order valence-corrected chi connectivity index (χ0v) is 12.6. The molecular weight excluding hydrogens is 299 g/mol. The summed E-state index contributed by atoms with van der Waals surface area (Å²) in [5.74, 6) is -0.931. The Morgan fingerprint density at radius 1 is 1.04 bits per heavy atom. The molecule has 120 valence electrons. The Bertz CT molecular complexity index is 704. The molecule has 0 fully saturated rings. The van der Waals surface area contributed by atoms with Crippen LogP contribution in [0.25, 0.3) is 0 Å². The lowest BCUT2D eigenvalue weighted by atomic mass is 10.2. The number of amides is 2. The quantitative estimate of drug-likeness (QED) is 0.804. The molecule has 0 saturated carbocycles. The van der Waals surface area contributed by atoms with Crippen molar-refractivity contribution >= 4 is 23.2 Å². The molecule has 0 aliphatic rings. The Hall–Kier alpha value is -2.89. The zero-order valence-electron chi connectivity index (χ0n) is 12.6. The lowest BCUT2D eigenvalue weighted by molar-refractivity contribution is -0.123. The molecule has 0 spiro atoms. The van der Waals surface area contributed by atoms with E-state index in [4.69, 9.17) is 4.74 Å². The molecule has 2 rings (SSSR count). The normalized spacial score (nSPS) is 10.0. The van der Waals surface area contributed by atoms with Gasteiger partial charge in [0.2, 0.25) is 11.8 Å². The molecule has 0 atom stereocenters. The van der Waals surface area contributed by atoms with E-state index in [0.29, 0.717) is 23.7 Å². The van der Waals surface area contributed by atoms with Crippen molar-refractivity contribution < 1.29 is 18.7 Å². The molecule has 0 heterocycles. The lowest BCUT2D eigenvalue weighted by Gasteiger charge is -2.11. The van der Waals surface area contributed by atoms with Crippen molar-refractivity contribution in [3.63, 3.8) is 0 Å². The molecule has 2 aromatic rings. The molecule has 23 heavy (non-hydrogen) atoms. The predicted molar refractivity (Wildman–Crippen MR) is 85.9 cm³/mol. The zero-order chi connectivity index (χ0) is 16.7. The maximum Gasteiger partial charge on any atom is 0.233 e. The van der Waals surface area contributed by atoms with Gasteiger partial charge in [-0.15, -0.1) is 0 Å². The van der Waals surface area contributed by atoms with E-state index in [1.165, 1.54) is 18.2 Å². The lowest BCUT2D eigenvalue weighted by Crippen LogP contribution is -2.21. The Balaban J connectivity index is 1.93. The van der Waals surface area contributed by atoms with Gasteiger partial charge in [0.25, 0.3) is 0 Å². The van der Waals surface area contributed by atoms with Crippen LogP contribution in [0.1, 0.15) is 13.3 Å². The average molecular weight is 316 g/mol. The first-order valence-corrected chi connectivity index (χ1v) is 7.15. The molecular formula is C17H17FN2O3. The van der Waals surface area contributed by atoms with E-state index in [0.717, 1.165) is 0 Å². The first kappa shape index (κ1) is 16.5. The van der Waals surface area contributed by atoms with Crippen LogP contribution in [0.15, 0.2) is 48.5 Å². The number of para-hydroxylation sites is 2. The van der Waals surface area contributed by atoms with Gasteiger partial charge in [0.15, 0.2) is 0 Å². The minimum absolute atomic E-state index is 0.303. The Morgan fingerprint density at radius 3 is 2.52 bits per heavy atom. The summed E-state index contributed by atoms with van der Waals surface area (Å²) >= 11 is 0. The topological polar surface area (TPSA) is 67.4 Å². The molecule has 0 aliphatic carbocycles. The highest BCUT2D eigenvalue weighted by molar-refractivity contribution is 6.08. The fourth-order valence-corrected chi connectivity index (χ4v) is 1.96. The summed E-state index contributed by atoms with van der Waals surface area (Å²) in [4.78, 5) is 23.7. The van der Waals surface area contributed by atoms with Gasteiger partial charge in [-0.2, -0.15) is 0 Å². The molecule has 0 saturated heterocycles. The molecule has 2 N–H and O–H groups in total. The first-order valence-electron chi connectivity index (χ1n) is 7.15. The first-order chi connectivity index (χ1) is 11.1. The molecule has 0 radical (unpaired) electrons. The minimum Gasteiger partial charge on any atom is -0.492 e. The van der Waals surface area contributed by atoms with Crippen molar-refractivity contribution in [1.82, 2.24) is 0 Å². The molecule has 5 nitrogen and oxygen atoms in total. The van der Waals surface area contributed by atoms with Crippen molar-refractivity contribution in [2.24, 2.45) is 0 Å². The second-order valence-electron chi connectivity index (χ2n) is 4.71. The van der Waals surface area contributed by atoms with Crippen molar-refractivity contribution in [3.8, 4) is 5.75 Å². The van der Waals surface area contributed by atoms with Gasteiger partial charge in [0, 0.05) is 5.69 Å². The van der Waals surface area contributed by atoms with Crippen LogP contribution in [-0.4, -0.2) is 18.4 Å². The van der Waals surface area contributed by atoms with E-state index in [2.05, 4.69) is 10.6 Å². The summed E-state index contributed by atoms with van der Waals surface area (Å²) in [7, 11) is 0. The minimum atomic E-state index is -0.526. The van der Waals surface area contributed by atoms with Gasteiger partial charge >= 0.3 is 0 Å². The van der Waals surface area contributed by atoms with Crippen LogP contribution >= 0.6 is 0 Å². The van der Waals surface area contributed by atoms with Gasteiger partial charge in [-0.3, -0.25) is 9.59 Å². The maximum atomic E-state index is 13.0. The number of carbonyl (C=O) groups excluding carboxylic acids is 2. The highest BCUT2D eigenvalue weighted by Gasteiger charge is 2.12. The van der Waals surface area contributed by atoms with Crippen LogP contribution in [0, 0.1) is 5.82 Å². The SMILES string of the molecule is CCOc1ccccc1NC(=O)CC(=O)Nc1cccc(F)c1. The fraction of sp³-hybridized carbons (Fsp3) is 0.176. The molecule has 6 heteroatoms. The van der Waals surface area contributed by atoms with E-state index in [1.54, 1.807) is 30.3 Å². The summed E-state index contributed by atoms with van der Waals surface area (Å²) in [6, 6.07) is 12.4. The maximum absolute atomic E-state index is 13.0. The Labute approximate surface area is 133 Å². The molecule has 2 aromatic carbocycles. The molecule has 0 aliphatic heterocycles. The molecule has 0 bridgehead atoms.